The van der Waals surface area contributed by atoms with Gasteiger partial charge in [-0.25, -0.2) is 8.42 Å². The normalized spacial score (nSPS) is 19.3. The Morgan fingerprint density at radius 1 is 1.09 bits per heavy atom. The Bertz CT molecular complexity index is 1040. The van der Waals surface area contributed by atoms with E-state index in [-0.39, 0.29) is 24.2 Å². The van der Waals surface area contributed by atoms with Gasteiger partial charge in [-0.15, -0.1) is 0 Å². The molecule has 0 heterocycles. The first kappa shape index (κ1) is 29.5. The average molecular weight is 503 g/mol. The first-order valence-corrected chi connectivity index (χ1v) is 14.4. The summed E-state index contributed by atoms with van der Waals surface area (Å²) >= 11 is 0. The van der Waals surface area contributed by atoms with Crippen molar-refractivity contribution < 1.29 is 18.3 Å². The van der Waals surface area contributed by atoms with Gasteiger partial charge in [0.1, 0.15) is 0 Å². The van der Waals surface area contributed by atoms with Crippen LogP contribution >= 0.6 is 0 Å². The van der Waals surface area contributed by atoms with Crippen LogP contribution in [0.5, 0.6) is 0 Å². The topological polar surface area (TPSA) is 63.6 Å². The summed E-state index contributed by atoms with van der Waals surface area (Å²) in [6, 6.07) is 7.25. The van der Waals surface area contributed by atoms with Crippen LogP contribution in [0.4, 0.5) is 0 Å². The largest absolute Gasteiger partial charge is 0.392 e. The lowest BCUT2D eigenvalue weighted by Crippen LogP contribution is -2.35. The van der Waals surface area contributed by atoms with Crippen molar-refractivity contribution in [3.05, 3.63) is 64.3 Å². The number of aliphatic hydroxyl groups is 1. The van der Waals surface area contributed by atoms with Gasteiger partial charge in [0, 0.05) is 0 Å². The van der Waals surface area contributed by atoms with E-state index in [9.17, 15) is 13.5 Å². The van der Waals surface area contributed by atoms with Crippen LogP contribution in [0.1, 0.15) is 86.1 Å². The molecule has 0 aliphatic heterocycles. The van der Waals surface area contributed by atoms with E-state index in [2.05, 4.69) is 26.8 Å². The molecule has 1 aliphatic carbocycles. The molecule has 35 heavy (non-hydrogen) atoms. The zero-order valence-corrected chi connectivity index (χ0v) is 23.8. The molecule has 0 amide bonds. The summed E-state index contributed by atoms with van der Waals surface area (Å²) < 4.78 is 34.4. The Morgan fingerprint density at radius 2 is 1.71 bits per heavy atom. The van der Waals surface area contributed by atoms with Crippen LogP contribution in [0, 0.1) is 12.3 Å². The Balaban J connectivity index is 2.54. The van der Waals surface area contributed by atoms with Crippen molar-refractivity contribution in [3.8, 4) is 0 Å². The van der Waals surface area contributed by atoms with Gasteiger partial charge in [-0.2, -0.15) is 0 Å². The lowest BCUT2D eigenvalue weighted by molar-refractivity contribution is 0.0354. The predicted molar refractivity (Wildman–Crippen MR) is 146 cm³/mol. The molecule has 2 atom stereocenters. The summed E-state index contributed by atoms with van der Waals surface area (Å²) in [6.07, 6.45) is 7.89. The van der Waals surface area contributed by atoms with Gasteiger partial charge in [-0.1, -0.05) is 60.4 Å². The third-order valence-corrected chi connectivity index (χ3v) is 9.06. The molecule has 5 heteroatoms. The highest BCUT2D eigenvalue weighted by Crippen LogP contribution is 2.46. The van der Waals surface area contributed by atoms with E-state index in [1.54, 1.807) is 18.2 Å². The second kappa shape index (κ2) is 12.5. The number of allylic oxidation sites excluding steroid dienone is 2. The highest BCUT2D eigenvalue weighted by atomic mass is 32.2. The Morgan fingerprint density at radius 3 is 2.26 bits per heavy atom. The van der Waals surface area contributed by atoms with Gasteiger partial charge in [0.05, 0.1) is 29.0 Å². The standard InChI is InChI=1S/C30H46O4S/c1-21(2)34-26(18-23(4)15-17-31)19-24(5)20-28(29-25(6)10-9-16-30(29,7)8)35(32,33)27-13-11-22(3)12-14-27/h11-15,19,21,26,28,31H,9-10,16-18,20H2,1-8H3/b23-15+,24-19+. The minimum atomic E-state index is -3.59. The molecule has 0 saturated carbocycles. The highest BCUT2D eigenvalue weighted by molar-refractivity contribution is 7.92. The third-order valence-electron chi connectivity index (χ3n) is 6.98. The molecule has 0 radical (unpaired) electrons. The number of sulfone groups is 1. The molecule has 1 aromatic rings. The smallest absolute Gasteiger partial charge is 0.185 e. The van der Waals surface area contributed by atoms with Crippen LogP contribution in [0.2, 0.25) is 0 Å². The van der Waals surface area contributed by atoms with E-state index in [0.29, 0.717) is 17.7 Å². The average Bonchev–Trinajstić information content (AvgIpc) is 2.72. The summed E-state index contributed by atoms with van der Waals surface area (Å²) in [5.41, 5.74) is 5.23. The summed E-state index contributed by atoms with van der Waals surface area (Å²) in [4.78, 5) is 0.388. The van der Waals surface area contributed by atoms with E-state index in [4.69, 9.17) is 4.74 Å². The minimum absolute atomic E-state index is 0.00229. The SMILES string of the molecule is CC1=C(C(C/C(C)=C/C(C/C(C)=C/CO)OC(C)C)S(=O)(=O)c2ccc(C)cc2)C(C)(C)CCC1. The van der Waals surface area contributed by atoms with Crippen molar-refractivity contribution in [1.29, 1.82) is 0 Å². The monoisotopic (exact) mass is 502 g/mol. The molecule has 0 fully saturated rings. The molecule has 196 valence electrons. The van der Waals surface area contributed by atoms with E-state index in [1.807, 2.05) is 46.8 Å². The maximum atomic E-state index is 14.1. The molecule has 0 bridgehead atoms. The quantitative estimate of drug-likeness (QED) is 0.327. The molecule has 0 aromatic heterocycles. The molecular formula is C30H46O4S. The maximum absolute atomic E-state index is 14.1. The molecule has 2 rings (SSSR count). The van der Waals surface area contributed by atoms with Crippen molar-refractivity contribution in [2.24, 2.45) is 5.41 Å². The zero-order valence-electron chi connectivity index (χ0n) is 23.0. The number of hydrogen-bond acceptors (Lipinski definition) is 4. The molecule has 1 aromatic carbocycles. The van der Waals surface area contributed by atoms with Gasteiger partial charge in [0.2, 0.25) is 0 Å². The number of aryl methyl sites for hydroxylation is 1. The van der Waals surface area contributed by atoms with Crippen molar-refractivity contribution in [3.63, 3.8) is 0 Å². The fraction of sp³-hybridized carbons (Fsp3) is 0.600. The number of hydrogen-bond donors (Lipinski definition) is 1. The predicted octanol–water partition coefficient (Wildman–Crippen LogP) is 7.12. The van der Waals surface area contributed by atoms with Gasteiger partial charge < -0.3 is 9.84 Å². The second-order valence-corrected chi connectivity index (χ2v) is 13.3. The third kappa shape index (κ3) is 8.16. The van der Waals surface area contributed by atoms with Crippen molar-refractivity contribution in [2.45, 2.75) is 110 Å². The minimum Gasteiger partial charge on any atom is -0.392 e. The Labute approximate surface area is 214 Å². The van der Waals surface area contributed by atoms with Gasteiger partial charge in [0.25, 0.3) is 0 Å². The summed E-state index contributed by atoms with van der Waals surface area (Å²) in [5, 5.41) is 8.65. The fourth-order valence-corrected chi connectivity index (χ4v) is 7.50. The van der Waals surface area contributed by atoms with Gasteiger partial charge in [-0.05, 0) is 96.8 Å². The van der Waals surface area contributed by atoms with E-state index >= 15 is 0 Å². The van der Waals surface area contributed by atoms with Crippen LogP contribution in [0.3, 0.4) is 0 Å². The van der Waals surface area contributed by atoms with Crippen LogP contribution in [0.15, 0.2) is 63.6 Å². The molecule has 0 saturated heterocycles. The number of rotatable bonds is 11. The molecular weight excluding hydrogens is 456 g/mol. The van der Waals surface area contributed by atoms with Crippen LogP contribution < -0.4 is 0 Å². The first-order valence-electron chi connectivity index (χ1n) is 12.9. The maximum Gasteiger partial charge on any atom is 0.185 e. The molecule has 1 N–H and O–H groups in total. The molecule has 2 unspecified atom stereocenters. The Kier molecular flexibility index (Phi) is 10.6. The lowest BCUT2D eigenvalue weighted by Gasteiger charge is -2.39. The summed E-state index contributed by atoms with van der Waals surface area (Å²) in [6.45, 7) is 16.5. The van der Waals surface area contributed by atoms with Gasteiger partial charge in [-0.3, -0.25) is 0 Å². The summed E-state index contributed by atoms with van der Waals surface area (Å²) in [5.74, 6) is 0. The Hall–Kier alpha value is -1.69. The van der Waals surface area contributed by atoms with Gasteiger partial charge >= 0.3 is 0 Å². The fourth-order valence-electron chi connectivity index (χ4n) is 5.34. The molecule has 0 spiro atoms. The van der Waals surface area contributed by atoms with E-state index in [1.165, 1.54) is 5.57 Å². The summed E-state index contributed by atoms with van der Waals surface area (Å²) in [7, 11) is -3.59. The second-order valence-electron chi connectivity index (χ2n) is 11.2. The van der Waals surface area contributed by atoms with Crippen LogP contribution in [-0.4, -0.2) is 37.6 Å². The zero-order chi connectivity index (χ0) is 26.4. The van der Waals surface area contributed by atoms with E-state index in [0.717, 1.165) is 41.5 Å². The van der Waals surface area contributed by atoms with Crippen molar-refractivity contribution >= 4 is 9.84 Å². The number of benzene rings is 1. The van der Waals surface area contributed by atoms with Gasteiger partial charge in [0.15, 0.2) is 9.84 Å². The van der Waals surface area contributed by atoms with Crippen molar-refractivity contribution in [1.82, 2.24) is 0 Å². The number of ether oxygens (including phenoxy) is 1. The molecule has 1 aliphatic rings. The first-order chi connectivity index (χ1) is 16.3. The van der Waals surface area contributed by atoms with Crippen LogP contribution in [-0.2, 0) is 14.6 Å². The lowest BCUT2D eigenvalue weighted by atomic mass is 9.70. The van der Waals surface area contributed by atoms with Crippen molar-refractivity contribution in [2.75, 3.05) is 6.61 Å². The number of aliphatic hydroxyl groups excluding tert-OH is 1. The van der Waals surface area contributed by atoms with Crippen LogP contribution in [0.25, 0.3) is 0 Å². The van der Waals surface area contributed by atoms with E-state index < -0.39 is 15.1 Å². The molecule has 4 nitrogen and oxygen atoms in total. The highest BCUT2D eigenvalue weighted by Gasteiger charge is 2.40.